The maximum Gasteiger partial charge on any atom is 0.242 e. The van der Waals surface area contributed by atoms with Crippen LogP contribution in [0.15, 0.2) is 57.4 Å². The van der Waals surface area contributed by atoms with Crippen molar-refractivity contribution >= 4 is 43.8 Å². The lowest BCUT2D eigenvalue weighted by Crippen LogP contribution is -2.41. The van der Waals surface area contributed by atoms with E-state index in [1.54, 1.807) is 0 Å². The molecule has 1 fully saturated rings. The average molecular weight is 452 g/mol. The number of benzene rings is 2. The van der Waals surface area contributed by atoms with Gasteiger partial charge in [-0.05, 0) is 53.9 Å². The molecule has 0 bridgehead atoms. The van der Waals surface area contributed by atoms with Gasteiger partial charge in [0, 0.05) is 34.2 Å². The third-order valence-corrected chi connectivity index (χ3v) is 6.88. The molecular weight excluding hydrogens is 430 g/mol. The molecule has 148 valence electrons. The number of carbonyl (C=O) groups excluding carboxylic acids is 1. The first-order valence-electron chi connectivity index (χ1n) is 9.98. The van der Waals surface area contributed by atoms with E-state index in [0.29, 0.717) is 13.1 Å². The molecule has 2 aromatic heterocycles. The van der Waals surface area contributed by atoms with Crippen molar-refractivity contribution in [3.8, 4) is 0 Å². The molecule has 0 radical (unpaired) electrons. The molecule has 1 aliphatic rings. The molecule has 5 nitrogen and oxygen atoms in total. The summed E-state index contributed by atoms with van der Waals surface area (Å²) in [4.78, 5) is 19.8. The smallest absolute Gasteiger partial charge is 0.242 e. The second kappa shape index (κ2) is 7.34. The van der Waals surface area contributed by atoms with Gasteiger partial charge >= 0.3 is 0 Å². The molecule has 1 atom stereocenters. The van der Waals surface area contributed by atoms with Crippen LogP contribution in [0.2, 0.25) is 0 Å². The molecule has 0 N–H and O–H groups in total. The topological polar surface area (TPSA) is 51.3 Å². The largest absolute Gasteiger partial charge is 0.440 e. The lowest BCUT2D eigenvalue weighted by atomic mass is 9.98. The van der Waals surface area contributed by atoms with Crippen LogP contribution in [-0.4, -0.2) is 33.4 Å². The standard InChI is InChI=1S/C23H22BrN3O2/c1-15-22(24)17-8-2-4-10-19(17)27(15)14-21(28)26-12-6-7-16(13-26)23-25-18-9-3-5-11-20(18)29-23/h2-5,8-11,16H,6-7,12-14H2,1H3. The summed E-state index contributed by atoms with van der Waals surface area (Å²) in [6.45, 7) is 3.84. The zero-order valence-corrected chi connectivity index (χ0v) is 17.9. The Morgan fingerprint density at radius 3 is 2.86 bits per heavy atom. The second-order valence-corrected chi connectivity index (χ2v) is 8.49. The summed E-state index contributed by atoms with van der Waals surface area (Å²) in [6, 6.07) is 16.0. The number of aromatic nitrogens is 2. The zero-order chi connectivity index (χ0) is 20.0. The Hall–Kier alpha value is -2.60. The highest BCUT2D eigenvalue weighted by Crippen LogP contribution is 2.32. The number of likely N-dealkylation sites (tertiary alicyclic amines) is 1. The number of hydrogen-bond donors (Lipinski definition) is 0. The maximum atomic E-state index is 13.2. The van der Waals surface area contributed by atoms with Gasteiger partial charge in [-0.1, -0.05) is 30.3 Å². The van der Waals surface area contributed by atoms with E-state index in [4.69, 9.17) is 4.42 Å². The quantitative estimate of drug-likeness (QED) is 0.426. The van der Waals surface area contributed by atoms with Crippen molar-refractivity contribution < 1.29 is 9.21 Å². The third-order valence-electron chi connectivity index (χ3n) is 5.88. The van der Waals surface area contributed by atoms with Gasteiger partial charge in [0.2, 0.25) is 5.91 Å². The van der Waals surface area contributed by atoms with Gasteiger partial charge in [0.25, 0.3) is 0 Å². The number of fused-ring (bicyclic) bond motifs is 2. The Morgan fingerprint density at radius 1 is 1.21 bits per heavy atom. The summed E-state index contributed by atoms with van der Waals surface area (Å²) in [5.41, 5.74) is 3.85. The van der Waals surface area contributed by atoms with Crippen LogP contribution in [0.25, 0.3) is 22.0 Å². The van der Waals surface area contributed by atoms with Gasteiger partial charge in [0.05, 0.1) is 5.92 Å². The van der Waals surface area contributed by atoms with Gasteiger partial charge in [-0.3, -0.25) is 4.79 Å². The summed E-state index contributed by atoms with van der Waals surface area (Å²) >= 11 is 3.68. The molecule has 0 saturated carbocycles. The van der Waals surface area contributed by atoms with E-state index in [1.165, 1.54) is 0 Å². The first-order valence-corrected chi connectivity index (χ1v) is 10.8. The summed E-state index contributed by atoms with van der Waals surface area (Å²) < 4.78 is 9.13. The SMILES string of the molecule is Cc1c(Br)c2ccccc2n1CC(=O)N1CCCC(c2nc3ccccc3o2)C1. The normalized spacial score (nSPS) is 17.3. The highest BCUT2D eigenvalue weighted by atomic mass is 79.9. The van der Waals surface area contributed by atoms with E-state index >= 15 is 0 Å². The minimum Gasteiger partial charge on any atom is -0.440 e. The van der Waals surface area contributed by atoms with Gasteiger partial charge in [0.15, 0.2) is 11.5 Å². The van der Waals surface area contributed by atoms with Gasteiger partial charge < -0.3 is 13.9 Å². The van der Waals surface area contributed by atoms with Crippen molar-refractivity contribution in [1.82, 2.24) is 14.5 Å². The molecule has 29 heavy (non-hydrogen) atoms. The first kappa shape index (κ1) is 18.4. The predicted molar refractivity (Wildman–Crippen MR) is 117 cm³/mol. The summed E-state index contributed by atoms with van der Waals surface area (Å²) in [6.07, 6.45) is 1.96. The fraction of sp³-hybridized carbons (Fsp3) is 0.304. The molecule has 3 heterocycles. The van der Waals surface area contributed by atoms with Gasteiger partial charge in [-0.15, -0.1) is 0 Å². The second-order valence-electron chi connectivity index (χ2n) is 7.70. The number of piperidine rings is 1. The highest BCUT2D eigenvalue weighted by molar-refractivity contribution is 9.10. The van der Waals surface area contributed by atoms with Crippen molar-refractivity contribution in [2.45, 2.75) is 32.2 Å². The lowest BCUT2D eigenvalue weighted by molar-refractivity contribution is -0.133. The van der Waals surface area contributed by atoms with Crippen molar-refractivity contribution in [1.29, 1.82) is 0 Å². The molecule has 4 aromatic rings. The summed E-state index contributed by atoms with van der Waals surface area (Å²) in [5, 5.41) is 1.14. The number of oxazole rings is 1. The maximum absolute atomic E-state index is 13.2. The van der Waals surface area contributed by atoms with Crippen molar-refractivity contribution in [3.63, 3.8) is 0 Å². The van der Waals surface area contributed by atoms with E-state index in [0.717, 1.165) is 57.4 Å². The number of nitrogens with zero attached hydrogens (tertiary/aromatic N) is 3. The van der Waals surface area contributed by atoms with E-state index in [-0.39, 0.29) is 11.8 Å². The van der Waals surface area contributed by atoms with Crippen LogP contribution < -0.4 is 0 Å². The van der Waals surface area contributed by atoms with Crippen molar-refractivity contribution in [2.75, 3.05) is 13.1 Å². The predicted octanol–water partition coefficient (Wildman–Crippen LogP) is 5.26. The summed E-state index contributed by atoms with van der Waals surface area (Å²) in [5.74, 6) is 1.03. The van der Waals surface area contributed by atoms with Gasteiger partial charge in [0.1, 0.15) is 12.1 Å². The van der Waals surface area contributed by atoms with Crippen molar-refractivity contribution in [2.24, 2.45) is 0 Å². The molecule has 6 heteroatoms. The molecule has 5 rings (SSSR count). The number of halogens is 1. The summed E-state index contributed by atoms with van der Waals surface area (Å²) in [7, 11) is 0. The van der Waals surface area contributed by atoms with Crippen molar-refractivity contribution in [3.05, 3.63) is 64.6 Å². The molecule has 1 aliphatic heterocycles. The van der Waals surface area contributed by atoms with Gasteiger partial charge in [-0.2, -0.15) is 0 Å². The molecule has 1 saturated heterocycles. The van der Waals surface area contributed by atoms with Crippen LogP contribution in [0.5, 0.6) is 0 Å². The van der Waals surface area contributed by atoms with Crippen LogP contribution in [0, 0.1) is 6.92 Å². The minimum atomic E-state index is 0.141. The molecular formula is C23H22BrN3O2. The van der Waals surface area contributed by atoms with Gasteiger partial charge in [-0.25, -0.2) is 4.98 Å². The average Bonchev–Trinajstić information content (AvgIpc) is 3.29. The number of rotatable bonds is 3. The van der Waals surface area contributed by atoms with E-state index in [2.05, 4.69) is 44.5 Å². The van der Waals surface area contributed by atoms with E-state index < -0.39 is 0 Å². The zero-order valence-electron chi connectivity index (χ0n) is 16.3. The first-order chi connectivity index (χ1) is 14.1. The number of para-hydroxylation sites is 3. The van der Waals surface area contributed by atoms with E-state index in [1.807, 2.05) is 41.3 Å². The Labute approximate surface area is 177 Å². The molecule has 0 aliphatic carbocycles. The van der Waals surface area contributed by atoms with Crippen LogP contribution >= 0.6 is 15.9 Å². The van der Waals surface area contributed by atoms with Crippen LogP contribution in [0.4, 0.5) is 0 Å². The molecule has 1 amide bonds. The minimum absolute atomic E-state index is 0.141. The Morgan fingerprint density at radius 2 is 2.00 bits per heavy atom. The Bertz CT molecular complexity index is 1180. The van der Waals surface area contributed by atoms with E-state index in [9.17, 15) is 4.79 Å². The third kappa shape index (κ3) is 3.25. The molecule has 1 unspecified atom stereocenters. The number of amides is 1. The monoisotopic (exact) mass is 451 g/mol. The Kier molecular flexibility index (Phi) is 4.66. The molecule has 0 spiro atoms. The molecule has 2 aromatic carbocycles. The Balaban J connectivity index is 1.37. The van der Waals surface area contributed by atoms with Crippen LogP contribution in [0.3, 0.4) is 0 Å². The highest BCUT2D eigenvalue weighted by Gasteiger charge is 2.28. The lowest BCUT2D eigenvalue weighted by Gasteiger charge is -2.31. The number of hydrogen-bond acceptors (Lipinski definition) is 3. The number of carbonyl (C=O) groups is 1. The van der Waals surface area contributed by atoms with Crippen LogP contribution in [0.1, 0.15) is 30.3 Å². The fourth-order valence-electron chi connectivity index (χ4n) is 4.30. The fourth-order valence-corrected chi connectivity index (χ4v) is 4.85. The van der Waals surface area contributed by atoms with Crippen LogP contribution in [-0.2, 0) is 11.3 Å².